The summed E-state index contributed by atoms with van der Waals surface area (Å²) < 4.78 is 5.53. The van der Waals surface area contributed by atoms with Gasteiger partial charge in [-0.2, -0.15) is 0 Å². The molecular formula is C23H38N2O. The molecule has 0 aliphatic rings. The molecule has 3 nitrogen and oxygen atoms in total. The van der Waals surface area contributed by atoms with E-state index in [1.54, 1.807) is 0 Å². The van der Waals surface area contributed by atoms with Crippen LogP contribution >= 0.6 is 0 Å². The van der Waals surface area contributed by atoms with Crippen LogP contribution in [0.2, 0.25) is 0 Å². The Morgan fingerprint density at radius 1 is 0.731 bits per heavy atom. The van der Waals surface area contributed by atoms with Gasteiger partial charge in [0.2, 0.25) is 0 Å². The summed E-state index contributed by atoms with van der Waals surface area (Å²) in [6.45, 7) is 7.15. The van der Waals surface area contributed by atoms with Gasteiger partial charge in [0.25, 0.3) is 0 Å². The Labute approximate surface area is 161 Å². The number of benzene rings is 2. The van der Waals surface area contributed by atoms with Crippen molar-refractivity contribution in [3.8, 4) is 5.75 Å². The first kappa shape index (κ1) is 24.2. The fourth-order valence-corrected chi connectivity index (χ4v) is 2.04. The van der Waals surface area contributed by atoms with Gasteiger partial charge in [-0.1, -0.05) is 68.8 Å². The molecule has 0 aromatic heterocycles. The molecule has 3 heteroatoms. The quantitative estimate of drug-likeness (QED) is 0.634. The van der Waals surface area contributed by atoms with Gasteiger partial charge in [0.05, 0.1) is 6.61 Å². The van der Waals surface area contributed by atoms with Gasteiger partial charge >= 0.3 is 0 Å². The second-order valence-electron chi connectivity index (χ2n) is 6.75. The lowest BCUT2D eigenvalue weighted by atomic mass is 10.2. The molecule has 2 rings (SSSR count). The summed E-state index contributed by atoms with van der Waals surface area (Å²) in [6, 6.07) is 20.4. The maximum Gasteiger partial charge on any atom is 0.119 e. The average Bonchev–Trinajstić information content (AvgIpc) is 2.61. The molecule has 0 radical (unpaired) electrons. The molecule has 0 atom stereocenters. The number of hydrogen-bond acceptors (Lipinski definition) is 3. The van der Waals surface area contributed by atoms with Crippen LogP contribution in [0.5, 0.6) is 5.75 Å². The Kier molecular flexibility index (Phi) is 15.4. The lowest BCUT2D eigenvalue weighted by Gasteiger charge is -2.09. The van der Waals surface area contributed by atoms with E-state index in [1.165, 1.54) is 12.0 Å². The summed E-state index contributed by atoms with van der Waals surface area (Å²) in [5.74, 6) is 0.959. The van der Waals surface area contributed by atoms with E-state index >= 15 is 0 Å². The summed E-state index contributed by atoms with van der Waals surface area (Å²) >= 11 is 0. The summed E-state index contributed by atoms with van der Waals surface area (Å²) in [6.07, 6.45) is 2.32. The van der Waals surface area contributed by atoms with Crippen molar-refractivity contribution in [2.24, 2.45) is 0 Å². The first-order chi connectivity index (χ1) is 12.5. The van der Waals surface area contributed by atoms with Crippen molar-refractivity contribution in [3.63, 3.8) is 0 Å². The van der Waals surface area contributed by atoms with Crippen LogP contribution < -0.4 is 4.74 Å². The summed E-state index contributed by atoms with van der Waals surface area (Å²) in [5.41, 5.74) is 1.37. The van der Waals surface area contributed by atoms with E-state index < -0.39 is 0 Å². The van der Waals surface area contributed by atoms with Gasteiger partial charge < -0.3 is 14.5 Å². The van der Waals surface area contributed by atoms with Crippen LogP contribution in [0.4, 0.5) is 0 Å². The smallest absolute Gasteiger partial charge is 0.119 e. The van der Waals surface area contributed by atoms with Crippen molar-refractivity contribution in [1.82, 2.24) is 9.80 Å². The fraction of sp³-hybridized carbons (Fsp3) is 0.478. The predicted molar refractivity (Wildman–Crippen MR) is 115 cm³/mol. The number of para-hydroxylation sites is 1. The molecule has 0 N–H and O–H groups in total. The van der Waals surface area contributed by atoms with E-state index in [1.807, 2.05) is 36.4 Å². The van der Waals surface area contributed by atoms with Crippen LogP contribution in [-0.2, 0) is 6.54 Å². The van der Waals surface area contributed by atoms with E-state index in [0.29, 0.717) is 0 Å². The highest BCUT2D eigenvalue weighted by Gasteiger charge is 1.93. The molecule has 0 fully saturated rings. The molecule has 0 unspecified atom stereocenters. The summed E-state index contributed by atoms with van der Waals surface area (Å²) in [5, 5.41) is 0. The van der Waals surface area contributed by atoms with Crippen molar-refractivity contribution in [3.05, 3.63) is 66.2 Å². The largest absolute Gasteiger partial charge is 0.494 e. The van der Waals surface area contributed by atoms with Crippen molar-refractivity contribution in [1.29, 1.82) is 0 Å². The topological polar surface area (TPSA) is 15.7 Å². The minimum atomic E-state index is 0.794. The minimum absolute atomic E-state index is 0.794. The zero-order valence-electron chi connectivity index (χ0n) is 17.6. The van der Waals surface area contributed by atoms with E-state index in [0.717, 1.165) is 31.9 Å². The molecule has 0 amide bonds. The lowest BCUT2D eigenvalue weighted by molar-refractivity contribution is 0.281. The molecule has 0 bridgehead atoms. The Morgan fingerprint density at radius 3 is 1.69 bits per heavy atom. The monoisotopic (exact) mass is 358 g/mol. The number of ether oxygens (including phenoxy) is 1. The Hall–Kier alpha value is -1.84. The van der Waals surface area contributed by atoms with E-state index in [9.17, 15) is 0 Å². The minimum Gasteiger partial charge on any atom is -0.494 e. The third kappa shape index (κ3) is 15.7. The van der Waals surface area contributed by atoms with Crippen molar-refractivity contribution < 1.29 is 4.74 Å². The van der Waals surface area contributed by atoms with Gasteiger partial charge in [0.1, 0.15) is 5.75 Å². The lowest BCUT2D eigenvalue weighted by Crippen LogP contribution is -2.15. The van der Waals surface area contributed by atoms with Crippen molar-refractivity contribution >= 4 is 0 Å². The summed E-state index contributed by atoms with van der Waals surface area (Å²) in [4.78, 5) is 4.32. The van der Waals surface area contributed by atoms with Crippen LogP contribution in [0.1, 0.15) is 32.3 Å². The van der Waals surface area contributed by atoms with E-state index in [-0.39, 0.29) is 0 Å². The highest BCUT2D eigenvalue weighted by atomic mass is 16.5. The van der Waals surface area contributed by atoms with E-state index in [2.05, 4.69) is 76.1 Å². The molecule has 0 saturated carbocycles. The second-order valence-corrected chi connectivity index (χ2v) is 6.75. The number of rotatable bonds is 7. The Morgan fingerprint density at radius 2 is 1.23 bits per heavy atom. The van der Waals surface area contributed by atoms with E-state index in [4.69, 9.17) is 4.74 Å². The van der Waals surface area contributed by atoms with Gasteiger partial charge in [0.15, 0.2) is 0 Å². The zero-order chi connectivity index (χ0) is 19.6. The molecule has 0 heterocycles. The van der Waals surface area contributed by atoms with Crippen LogP contribution in [0.25, 0.3) is 0 Å². The first-order valence-electron chi connectivity index (χ1n) is 9.50. The maximum atomic E-state index is 5.53. The number of nitrogens with zero attached hydrogens (tertiary/aromatic N) is 2. The average molecular weight is 359 g/mol. The number of hydrogen-bond donors (Lipinski definition) is 0. The SMILES string of the molecule is CCC.CN(C)CCCOc1ccccc1.CN(C)Cc1ccccc1. The standard InChI is InChI=1S/C11H17NO.C9H13N.C3H8/c1-12(2)9-6-10-13-11-7-4-3-5-8-11;1-10(2)8-9-6-4-3-5-7-9;1-3-2/h3-5,7-8H,6,9-10H2,1-2H3;3-7H,8H2,1-2H3;3H2,1-2H3. The van der Waals surface area contributed by atoms with Crippen LogP contribution in [0.15, 0.2) is 60.7 Å². The van der Waals surface area contributed by atoms with Gasteiger partial charge in [-0.15, -0.1) is 0 Å². The Bertz CT molecular complexity index is 512. The van der Waals surface area contributed by atoms with Crippen LogP contribution in [0, 0.1) is 0 Å². The van der Waals surface area contributed by atoms with Crippen molar-refractivity contribution in [2.45, 2.75) is 33.2 Å². The van der Waals surface area contributed by atoms with Gasteiger partial charge in [-0.05, 0) is 52.3 Å². The molecule has 2 aromatic carbocycles. The molecule has 2 aromatic rings. The third-order valence-electron chi connectivity index (χ3n) is 3.10. The molecule has 26 heavy (non-hydrogen) atoms. The fourth-order valence-electron chi connectivity index (χ4n) is 2.04. The highest BCUT2D eigenvalue weighted by Crippen LogP contribution is 2.08. The summed E-state index contributed by atoms with van der Waals surface area (Å²) in [7, 11) is 8.30. The molecule has 146 valence electrons. The normalized spacial score (nSPS) is 9.85. The molecular weight excluding hydrogens is 320 g/mol. The van der Waals surface area contributed by atoms with Gasteiger partial charge in [-0.25, -0.2) is 0 Å². The van der Waals surface area contributed by atoms with Gasteiger partial charge in [-0.3, -0.25) is 0 Å². The first-order valence-corrected chi connectivity index (χ1v) is 9.50. The maximum absolute atomic E-state index is 5.53. The highest BCUT2D eigenvalue weighted by molar-refractivity contribution is 5.20. The molecule has 0 spiro atoms. The molecule has 0 aliphatic heterocycles. The molecule has 0 saturated heterocycles. The second kappa shape index (κ2) is 16.6. The third-order valence-corrected chi connectivity index (χ3v) is 3.10. The predicted octanol–water partition coefficient (Wildman–Crippen LogP) is 5.18. The van der Waals surface area contributed by atoms with Crippen LogP contribution in [-0.4, -0.2) is 51.1 Å². The zero-order valence-corrected chi connectivity index (χ0v) is 17.6. The molecule has 0 aliphatic carbocycles. The van der Waals surface area contributed by atoms with Crippen molar-refractivity contribution in [2.75, 3.05) is 41.3 Å². The van der Waals surface area contributed by atoms with Crippen LogP contribution in [0.3, 0.4) is 0 Å². The Balaban J connectivity index is 0.000000428. The van der Waals surface area contributed by atoms with Gasteiger partial charge in [0, 0.05) is 13.1 Å².